The average Bonchev–Trinajstić information content (AvgIpc) is 2.37. The minimum atomic E-state index is -0.480. The molecule has 0 N–H and O–H groups in total. The van der Waals surface area contributed by atoms with E-state index in [4.69, 9.17) is 4.74 Å². The van der Waals surface area contributed by atoms with E-state index in [1.54, 1.807) is 11.8 Å². The molecule has 1 aromatic rings. The molecule has 19 heavy (non-hydrogen) atoms. The molecule has 102 valence electrons. The lowest BCUT2D eigenvalue weighted by molar-refractivity contribution is -0.117. The lowest BCUT2D eigenvalue weighted by Crippen LogP contribution is -2.50. The third-order valence-electron chi connectivity index (χ3n) is 3.00. The second-order valence-electron chi connectivity index (χ2n) is 4.63. The number of hydrogen-bond acceptors (Lipinski definition) is 3. The van der Waals surface area contributed by atoms with Crippen LogP contribution in [0.4, 0.5) is 16.2 Å². The Kier molecular flexibility index (Phi) is 3.74. The number of amides is 2. The van der Waals surface area contributed by atoms with Gasteiger partial charge in [-0.25, -0.2) is 4.79 Å². The minimum absolute atomic E-state index is 0.0219. The van der Waals surface area contributed by atoms with E-state index < -0.39 is 6.09 Å². The molecular weight excluding hydrogens is 244 g/mol. The number of carbonyl (C=O) groups is 2. The highest BCUT2D eigenvalue weighted by molar-refractivity contribution is 6.09. The third kappa shape index (κ3) is 2.41. The van der Waals surface area contributed by atoms with Gasteiger partial charge in [-0.2, -0.15) is 0 Å². The normalized spacial score (nSPS) is 14.6. The highest BCUT2D eigenvalue weighted by Crippen LogP contribution is 2.34. The molecule has 2 amide bonds. The van der Waals surface area contributed by atoms with E-state index in [1.165, 1.54) is 4.90 Å². The maximum Gasteiger partial charge on any atom is 0.414 e. The molecule has 0 unspecified atom stereocenters. The zero-order valence-electron chi connectivity index (χ0n) is 11.4. The van der Waals surface area contributed by atoms with Crippen LogP contribution in [-0.2, 0) is 9.53 Å². The van der Waals surface area contributed by atoms with Gasteiger partial charge in [0.15, 0.2) is 0 Å². The van der Waals surface area contributed by atoms with Crippen molar-refractivity contribution in [2.45, 2.75) is 26.8 Å². The van der Waals surface area contributed by atoms with Crippen LogP contribution in [0.3, 0.4) is 0 Å². The first-order valence-corrected chi connectivity index (χ1v) is 6.41. The van der Waals surface area contributed by atoms with Gasteiger partial charge in [0.1, 0.15) is 6.54 Å². The Morgan fingerprint density at radius 3 is 2.53 bits per heavy atom. The predicted molar refractivity (Wildman–Crippen MR) is 73.4 cm³/mol. The Morgan fingerprint density at radius 2 is 1.95 bits per heavy atom. The van der Waals surface area contributed by atoms with E-state index in [0.717, 1.165) is 5.69 Å². The number of nitrogens with zero attached hydrogens (tertiary/aromatic N) is 2. The van der Waals surface area contributed by atoms with Gasteiger partial charge in [0.25, 0.3) is 0 Å². The van der Waals surface area contributed by atoms with Gasteiger partial charge in [-0.05, 0) is 32.9 Å². The molecule has 1 aliphatic rings. The molecular formula is C14H18N2O3. The van der Waals surface area contributed by atoms with Crippen LogP contribution < -0.4 is 9.80 Å². The summed E-state index contributed by atoms with van der Waals surface area (Å²) in [5, 5.41) is 0. The van der Waals surface area contributed by atoms with Crippen molar-refractivity contribution in [2.75, 3.05) is 23.0 Å². The first-order chi connectivity index (χ1) is 9.06. The van der Waals surface area contributed by atoms with E-state index in [1.807, 2.05) is 38.1 Å². The number of ether oxygens (including phenoxy) is 1. The summed E-state index contributed by atoms with van der Waals surface area (Å²) >= 11 is 0. The van der Waals surface area contributed by atoms with E-state index in [9.17, 15) is 9.59 Å². The number of rotatable bonds is 2. The monoisotopic (exact) mass is 262 g/mol. The van der Waals surface area contributed by atoms with Gasteiger partial charge in [-0.1, -0.05) is 12.1 Å². The standard InChI is InChI=1S/C14H18N2O3/c1-4-19-14(18)15-9-13(17)16(10(2)3)12-8-6-5-7-11(12)15/h5-8,10H,4,9H2,1-3H3. The Labute approximate surface area is 112 Å². The fraction of sp³-hybridized carbons (Fsp3) is 0.429. The lowest BCUT2D eigenvalue weighted by Gasteiger charge is -2.37. The van der Waals surface area contributed by atoms with Gasteiger partial charge in [-0.3, -0.25) is 9.69 Å². The zero-order valence-corrected chi connectivity index (χ0v) is 11.4. The third-order valence-corrected chi connectivity index (χ3v) is 3.00. The van der Waals surface area contributed by atoms with Gasteiger partial charge in [0.05, 0.1) is 18.0 Å². The molecule has 0 saturated carbocycles. The Hall–Kier alpha value is -2.04. The molecule has 5 nitrogen and oxygen atoms in total. The molecule has 0 radical (unpaired) electrons. The maximum absolute atomic E-state index is 12.2. The molecule has 1 aromatic carbocycles. The molecule has 1 aliphatic heterocycles. The summed E-state index contributed by atoms with van der Waals surface area (Å²) in [7, 11) is 0. The van der Waals surface area contributed by atoms with Crippen molar-refractivity contribution in [1.82, 2.24) is 0 Å². The van der Waals surface area contributed by atoms with Crippen molar-refractivity contribution >= 4 is 23.4 Å². The van der Waals surface area contributed by atoms with E-state index in [0.29, 0.717) is 12.3 Å². The molecule has 2 rings (SSSR count). The zero-order chi connectivity index (χ0) is 14.0. The molecule has 1 heterocycles. The number of anilines is 2. The van der Waals surface area contributed by atoms with Crippen LogP contribution in [0.1, 0.15) is 20.8 Å². The summed E-state index contributed by atoms with van der Waals surface area (Å²) in [4.78, 5) is 27.2. The van der Waals surface area contributed by atoms with Crippen molar-refractivity contribution in [3.63, 3.8) is 0 Å². The van der Waals surface area contributed by atoms with Gasteiger partial charge in [-0.15, -0.1) is 0 Å². The second-order valence-corrected chi connectivity index (χ2v) is 4.63. The van der Waals surface area contributed by atoms with Crippen LogP contribution in [0.25, 0.3) is 0 Å². The average molecular weight is 262 g/mol. The molecule has 0 fully saturated rings. The van der Waals surface area contributed by atoms with Crippen LogP contribution in [0, 0.1) is 0 Å². The Balaban J connectivity index is 2.44. The topological polar surface area (TPSA) is 49.9 Å². The fourth-order valence-corrected chi connectivity index (χ4v) is 2.26. The first-order valence-electron chi connectivity index (χ1n) is 6.41. The van der Waals surface area contributed by atoms with Crippen molar-refractivity contribution in [3.8, 4) is 0 Å². The lowest BCUT2D eigenvalue weighted by atomic mass is 10.1. The van der Waals surface area contributed by atoms with Crippen LogP contribution >= 0.6 is 0 Å². The number of benzene rings is 1. The smallest absolute Gasteiger partial charge is 0.414 e. The molecule has 0 atom stereocenters. The predicted octanol–water partition coefficient (Wildman–Crippen LogP) is 2.40. The molecule has 0 aliphatic carbocycles. The maximum atomic E-state index is 12.2. The summed E-state index contributed by atoms with van der Waals surface area (Å²) in [5.41, 5.74) is 1.47. The fourth-order valence-electron chi connectivity index (χ4n) is 2.26. The molecule has 0 bridgehead atoms. The van der Waals surface area contributed by atoms with Crippen molar-refractivity contribution in [3.05, 3.63) is 24.3 Å². The Bertz CT molecular complexity index is 499. The van der Waals surface area contributed by atoms with Crippen molar-refractivity contribution in [1.29, 1.82) is 0 Å². The highest BCUT2D eigenvalue weighted by atomic mass is 16.6. The highest BCUT2D eigenvalue weighted by Gasteiger charge is 2.34. The van der Waals surface area contributed by atoms with Crippen LogP contribution in [-0.4, -0.2) is 31.2 Å². The largest absolute Gasteiger partial charge is 0.449 e. The van der Waals surface area contributed by atoms with E-state index in [-0.39, 0.29) is 18.5 Å². The van der Waals surface area contributed by atoms with E-state index >= 15 is 0 Å². The van der Waals surface area contributed by atoms with Gasteiger partial charge in [0, 0.05) is 6.04 Å². The van der Waals surface area contributed by atoms with Gasteiger partial charge >= 0.3 is 6.09 Å². The number of hydrogen-bond donors (Lipinski definition) is 0. The number of carbonyl (C=O) groups excluding carboxylic acids is 2. The van der Waals surface area contributed by atoms with Crippen LogP contribution in [0.5, 0.6) is 0 Å². The summed E-state index contributed by atoms with van der Waals surface area (Å²) in [6.07, 6.45) is -0.480. The molecule has 0 aromatic heterocycles. The van der Waals surface area contributed by atoms with E-state index in [2.05, 4.69) is 0 Å². The molecule has 5 heteroatoms. The van der Waals surface area contributed by atoms with Gasteiger partial charge < -0.3 is 9.64 Å². The Morgan fingerprint density at radius 1 is 1.32 bits per heavy atom. The summed E-state index contributed by atoms with van der Waals surface area (Å²) < 4.78 is 5.00. The molecule has 0 spiro atoms. The minimum Gasteiger partial charge on any atom is -0.449 e. The molecule has 0 saturated heterocycles. The van der Waals surface area contributed by atoms with Crippen LogP contribution in [0.2, 0.25) is 0 Å². The number of fused-ring (bicyclic) bond motifs is 1. The summed E-state index contributed by atoms with van der Waals surface area (Å²) in [5.74, 6) is -0.0956. The van der Waals surface area contributed by atoms with Crippen molar-refractivity contribution in [2.24, 2.45) is 0 Å². The number of para-hydroxylation sites is 2. The van der Waals surface area contributed by atoms with Crippen LogP contribution in [0.15, 0.2) is 24.3 Å². The van der Waals surface area contributed by atoms with Crippen molar-refractivity contribution < 1.29 is 14.3 Å². The van der Waals surface area contributed by atoms with Gasteiger partial charge in [0.2, 0.25) is 5.91 Å². The summed E-state index contributed by atoms with van der Waals surface area (Å²) in [6.45, 7) is 5.97. The summed E-state index contributed by atoms with van der Waals surface area (Å²) in [6, 6.07) is 7.43. The quantitative estimate of drug-likeness (QED) is 0.822. The first kappa shape index (κ1) is 13.4. The SMILES string of the molecule is CCOC(=O)N1CC(=O)N(C(C)C)c2ccccc21. The second kappa shape index (κ2) is 5.30.